The average molecular weight is 330 g/mol. The van der Waals surface area contributed by atoms with Crippen molar-refractivity contribution in [3.63, 3.8) is 0 Å². The normalized spacial score (nSPS) is 25.2. The Morgan fingerprint density at radius 1 is 1.38 bits per heavy atom. The predicted octanol–water partition coefficient (Wildman–Crippen LogP) is 2.76. The van der Waals surface area contributed by atoms with Gasteiger partial charge in [0.25, 0.3) is 5.91 Å². The summed E-state index contributed by atoms with van der Waals surface area (Å²) in [5, 5.41) is 5.95. The molecule has 0 spiro atoms. The zero-order valence-electron chi connectivity index (χ0n) is 12.2. The Morgan fingerprint density at radius 3 is 2.86 bits per heavy atom. The second-order valence-corrected chi connectivity index (χ2v) is 6.99. The van der Waals surface area contributed by atoms with E-state index in [-0.39, 0.29) is 18.3 Å². The molecule has 21 heavy (non-hydrogen) atoms. The van der Waals surface area contributed by atoms with Gasteiger partial charge in [-0.2, -0.15) is 0 Å². The molecule has 3 N–H and O–H groups in total. The number of amides is 1. The molecule has 0 aliphatic heterocycles. The quantitative estimate of drug-likeness (QED) is 0.872. The van der Waals surface area contributed by atoms with Crippen molar-refractivity contribution >= 4 is 29.7 Å². The zero-order valence-corrected chi connectivity index (χ0v) is 13.8. The minimum absolute atomic E-state index is 0. The molecule has 0 radical (unpaired) electrons. The van der Waals surface area contributed by atoms with Crippen molar-refractivity contribution in [1.82, 2.24) is 10.3 Å². The SMILES string of the molecule is Cl.NCCc1nc(C(=O)NC2CC2C2CCCCC2)cs1. The summed E-state index contributed by atoms with van der Waals surface area (Å²) in [5.41, 5.74) is 6.07. The molecule has 3 rings (SSSR count). The summed E-state index contributed by atoms with van der Waals surface area (Å²) in [6.07, 6.45) is 8.76. The fraction of sp³-hybridized carbons (Fsp3) is 0.733. The number of aromatic nitrogens is 1. The first-order valence-corrected chi connectivity index (χ1v) is 8.61. The monoisotopic (exact) mass is 329 g/mol. The molecule has 0 saturated heterocycles. The van der Waals surface area contributed by atoms with Gasteiger partial charge in [-0.1, -0.05) is 32.1 Å². The molecule has 6 heteroatoms. The number of nitrogens with one attached hydrogen (secondary N) is 1. The molecule has 2 aliphatic rings. The molecule has 2 unspecified atom stereocenters. The number of nitrogens with zero attached hydrogens (tertiary/aromatic N) is 1. The molecular formula is C15H24ClN3OS. The Morgan fingerprint density at radius 2 is 2.14 bits per heavy atom. The second-order valence-electron chi connectivity index (χ2n) is 6.04. The van der Waals surface area contributed by atoms with Gasteiger partial charge < -0.3 is 11.1 Å². The number of hydrogen-bond acceptors (Lipinski definition) is 4. The summed E-state index contributed by atoms with van der Waals surface area (Å²) >= 11 is 1.53. The van der Waals surface area contributed by atoms with E-state index in [1.54, 1.807) is 0 Å². The van der Waals surface area contributed by atoms with E-state index >= 15 is 0 Å². The lowest BCUT2D eigenvalue weighted by atomic mass is 9.85. The van der Waals surface area contributed by atoms with Gasteiger partial charge >= 0.3 is 0 Å². The molecule has 2 fully saturated rings. The van der Waals surface area contributed by atoms with E-state index < -0.39 is 0 Å². The van der Waals surface area contributed by atoms with Crippen LogP contribution in [0.1, 0.15) is 54.0 Å². The molecule has 2 aliphatic carbocycles. The molecule has 0 aromatic carbocycles. The van der Waals surface area contributed by atoms with Crippen LogP contribution in [-0.4, -0.2) is 23.5 Å². The summed E-state index contributed by atoms with van der Waals surface area (Å²) < 4.78 is 0. The predicted molar refractivity (Wildman–Crippen MR) is 88.1 cm³/mol. The van der Waals surface area contributed by atoms with E-state index in [0.29, 0.717) is 18.3 Å². The molecule has 1 amide bonds. The molecule has 4 nitrogen and oxygen atoms in total. The average Bonchev–Trinajstić information content (AvgIpc) is 3.07. The number of halogens is 1. The van der Waals surface area contributed by atoms with Crippen molar-refractivity contribution < 1.29 is 4.79 Å². The first kappa shape index (κ1) is 16.7. The third-order valence-electron chi connectivity index (χ3n) is 4.55. The minimum atomic E-state index is -0.00664. The standard InChI is InChI=1S/C15H23N3OS.ClH/c16-7-6-14-17-13(9-20-14)15(19)18-12-8-11(12)10-4-2-1-3-5-10;/h9-12H,1-8,16H2,(H,18,19);1H. The van der Waals surface area contributed by atoms with Crippen molar-refractivity contribution in [2.75, 3.05) is 6.54 Å². The van der Waals surface area contributed by atoms with Crippen molar-refractivity contribution in [2.45, 2.75) is 51.0 Å². The van der Waals surface area contributed by atoms with Crippen LogP contribution < -0.4 is 11.1 Å². The van der Waals surface area contributed by atoms with E-state index in [1.165, 1.54) is 43.4 Å². The fourth-order valence-corrected chi connectivity index (χ4v) is 4.15. The van der Waals surface area contributed by atoms with E-state index in [1.807, 2.05) is 5.38 Å². The summed E-state index contributed by atoms with van der Waals surface area (Å²) in [7, 11) is 0. The van der Waals surface area contributed by atoms with Crippen LogP contribution in [0.5, 0.6) is 0 Å². The van der Waals surface area contributed by atoms with Gasteiger partial charge in [0.05, 0.1) is 5.01 Å². The van der Waals surface area contributed by atoms with Gasteiger partial charge in [0.1, 0.15) is 5.69 Å². The highest BCUT2D eigenvalue weighted by atomic mass is 35.5. The lowest BCUT2D eigenvalue weighted by molar-refractivity contribution is 0.0942. The maximum absolute atomic E-state index is 12.1. The molecular weight excluding hydrogens is 306 g/mol. The van der Waals surface area contributed by atoms with Crippen molar-refractivity contribution in [3.8, 4) is 0 Å². The second kappa shape index (κ2) is 7.56. The molecule has 1 aromatic rings. The maximum Gasteiger partial charge on any atom is 0.270 e. The largest absolute Gasteiger partial charge is 0.348 e. The first-order chi connectivity index (χ1) is 9.78. The molecule has 1 heterocycles. The Kier molecular flexibility index (Phi) is 6.02. The van der Waals surface area contributed by atoms with Crippen LogP contribution in [0, 0.1) is 11.8 Å². The summed E-state index contributed by atoms with van der Waals surface area (Å²) in [6.45, 7) is 0.584. The summed E-state index contributed by atoms with van der Waals surface area (Å²) in [4.78, 5) is 16.5. The highest BCUT2D eigenvalue weighted by molar-refractivity contribution is 7.09. The smallest absolute Gasteiger partial charge is 0.270 e. The minimum Gasteiger partial charge on any atom is -0.348 e. The molecule has 2 atom stereocenters. The van der Waals surface area contributed by atoms with Gasteiger partial charge in [0.2, 0.25) is 0 Å². The van der Waals surface area contributed by atoms with Crippen LogP contribution in [0.15, 0.2) is 5.38 Å². The fourth-order valence-electron chi connectivity index (χ4n) is 3.36. The number of hydrogen-bond donors (Lipinski definition) is 2. The van der Waals surface area contributed by atoms with Crippen LogP contribution in [0.4, 0.5) is 0 Å². The summed E-state index contributed by atoms with van der Waals surface area (Å²) in [5.74, 6) is 1.56. The highest BCUT2D eigenvalue weighted by Crippen LogP contribution is 2.44. The molecule has 0 bridgehead atoms. The summed E-state index contributed by atoms with van der Waals surface area (Å²) in [6, 6.07) is 0.394. The van der Waals surface area contributed by atoms with Gasteiger partial charge in [0, 0.05) is 17.8 Å². The van der Waals surface area contributed by atoms with E-state index in [2.05, 4.69) is 10.3 Å². The topological polar surface area (TPSA) is 68.0 Å². The Bertz CT molecular complexity index is 473. The first-order valence-electron chi connectivity index (χ1n) is 7.73. The van der Waals surface area contributed by atoms with Gasteiger partial charge in [-0.15, -0.1) is 23.7 Å². The third kappa shape index (κ3) is 4.18. The third-order valence-corrected chi connectivity index (χ3v) is 5.46. The van der Waals surface area contributed by atoms with E-state index in [0.717, 1.165) is 29.7 Å². The van der Waals surface area contributed by atoms with Crippen LogP contribution in [0.2, 0.25) is 0 Å². The van der Waals surface area contributed by atoms with Crippen molar-refractivity contribution in [2.24, 2.45) is 17.6 Å². The van der Waals surface area contributed by atoms with Crippen molar-refractivity contribution in [1.29, 1.82) is 0 Å². The van der Waals surface area contributed by atoms with Crippen LogP contribution in [0.25, 0.3) is 0 Å². The van der Waals surface area contributed by atoms with E-state index in [9.17, 15) is 4.79 Å². The lowest BCUT2D eigenvalue weighted by Gasteiger charge is -2.21. The lowest BCUT2D eigenvalue weighted by Crippen LogP contribution is -2.28. The molecule has 118 valence electrons. The number of carbonyl (C=O) groups excluding carboxylic acids is 1. The number of carbonyl (C=O) groups is 1. The Hall–Kier alpha value is -0.650. The van der Waals surface area contributed by atoms with Crippen LogP contribution in [-0.2, 0) is 6.42 Å². The van der Waals surface area contributed by atoms with Gasteiger partial charge in [-0.3, -0.25) is 4.79 Å². The zero-order chi connectivity index (χ0) is 13.9. The number of rotatable bonds is 5. The van der Waals surface area contributed by atoms with Crippen LogP contribution in [0.3, 0.4) is 0 Å². The Balaban J connectivity index is 0.00000161. The number of thiazole rings is 1. The number of nitrogens with two attached hydrogens (primary N) is 1. The van der Waals surface area contributed by atoms with E-state index in [4.69, 9.17) is 5.73 Å². The van der Waals surface area contributed by atoms with Crippen molar-refractivity contribution in [3.05, 3.63) is 16.1 Å². The van der Waals surface area contributed by atoms with Gasteiger partial charge in [0.15, 0.2) is 0 Å². The maximum atomic E-state index is 12.1. The molecule has 2 saturated carbocycles. The Labute approximate surface area is 136 Å². The van der Waals surface area contributed by atoms with Crippen LogP contribution >= 0.6 is 23.7 Å². The molecule has 1 aromatic heterocycles. The highest BCUT2D eigenvalue weighted by Gasteiger charge is 2.43. The van der Waals surface area contributed by atoms with Gasteiger partial charge in [-0.05, 0) is 24.8 Å². The van der Waals surface area contributed by atoms with Gasteiger partial charge in [-0.25, -0.2) is 4.98 Å².